The summed E-state index contributed by atoms with van der Waals surface area (Å²) in [5.41, 5.74) is 2.18. The normalized spacial score (nSPS) is 10.6. The highest BCUT2D eigenvalue weighted by atomic mass is 79.9. The number of halogens is 1. The molecular formula is C28H39BrN2O6. The number of nitrogens with one attached hydrogen (secondary N) is 2. The summed E-state index contributed by atoms with van der Waals surface area (Å²) in [6.07, 6.45) is 2.23. The minimum atomic E-state index is -1.21. The molecule has 2 atom stereocenters. The number of amides is 2. The van der Waals surface area contributed by atoms with Gasteiger partial charge in [-0.3, -0.25) is 9.59 Å². The van der Waals surface area contributed by atoms with Gasteiger partial charge < -0.3 is 20.5 Å². The zero-order chi connectivity index (χ0) is 28.5. The van der Waals surface area contributed by atoms with E-state index < -0.39 is 12.0 Å². The van der Waals surface area contributed by atoms with Crippen molar-refractivity contribution in [2.75, 3.05) is 5.33 Å². The maximum absolute atomic E-state index is 11.7. The van der Waals surface area contributed by atoms with Crippen molar-refractivity contribution in [3.63, 3.8) is 0 Å². The topological polar surface area (TPSA) is 122 Å². The molecule has 0 spiro atoms. The van der Waals surface area contributed by atoms with Crippen molar-refractivity contribution < 1.29 is 29.0 Å². The van der Waals surface area contributed by atoms with Crippen molar-refractivity contribution in [1.82, 2.24) is 10.6 Å². The van der Waals surface area contributed by atoms with Crippen molar-refractivity contribution in [2.24, 2.45) is 0 Å². The van der Waals surface area contributed by atoms with Gasteiger partial charge >= 0.3 is 12.1 Å². The summed E-state index contributed by atoms with van der Waals surface area (Å²) >= 11 is 2.88. The molecule has 0 fully saturated rings. The number of hydrogen-bond donors (Lipinski definition) is 3. The van der Waals surface area contributed by atoms with E-state index in [4.69, 9.17) is 9.84 Å². The van der Waals surface area contributed by atoms with E-state index in [0.717, 1.165) is 12.0 Å². The van der Waals surface area contributed by atoms with Crippen molar-refractivity contribution in [1.29, 1.82) is 0 Å². The highest BCUT2D eigenvalue weighted by molar-refractivity contribution is 9.09. The van der Waals surface area contributed by atoms with Gasteiger partial charge in [-0.05, 0) is 31.4 Å². The van der Waals surface area contributed by atoms with Crippen LogP contribution in [0.5, 0.6) is 0 Å². The molecule has 2 aromatic carbocycles. The third-order valence-corrected chi connectivity index (χ3v) is 4.74. The minimum absolute atomic E-state index is 0.0423. The predicted molar refractivity (Wildman–Crippen MR) is 151 cm³/mol. The van der Waals surface area contributed by atoms with E-state index in [2.05, 4.69) is 27.8 Å². The number of carbonyl (C=O) groups excluding carboxylic acids is 3. The van der Waals surface area contributed by atoms with E-state index in [1.165, 1.54) is 5.56 Å². The van der Waals surface area contributed by atoms with Crippen LogP contribution in [0.1, 0.15) is 45.2 Å². The molecule has 0 aliphatic rings. The molecule has 0 aliphatic heterocycles. The van der Waals surface area contributed by atoms with E-state index >= 15 is 0 Å². The first-order valence-corrected chi connectivity index (χ1v) is 13.0. The summed E-state index contributed by atoms with van der Waals surface area (Å²) in [4.78, 5) is 42.7. The molecule has 2 unspecified atom stereocenters. The van der Waals surface area contributed by atoms with E-state index in [0.29, 0.717) is 6.61 Å². The molecule has 3 N–H and O–H groups in total. The number of carboxylic acid groups (broad SMARTS) is 1. The average Bonchev–Trinajstić information content (AvgIpc) is 2.90. The van der Waals surface area contributed by atoms with Crippen LogP contribution in [0.25, 0.3) is 0 Å². The summed E-state index contributed by atoms with van der Waals surface area (Å²) in [5.74, 6) is -1.48. The quantitative estimate of drug-likeness (QED) is 0.189. The average molecular weight is 580 g/mol. The number of carboxylic acids is 1. The maximum atomic E-state index is 11.7. The Hall–Kier alpha value is -3.46. The molecule has 204 valence electrons. The molecular weight excluding hydrogens is 540 g/mol. The van der Waals surface area contributed by atoms with Crippen LogP contribution in [0.2, 0.25) is 0 Å². The van der Waals surface area contributed by atoms with Crippen molar-refractivity contribution >= 4 is 40.2 Å². The van der Waals surface area contributed by atoms with Gasteiger partial charge in [0.2, 0.25) is 6.41 Å². The highest BCUT2D eigenvalue weighted by Crippen LogP contribution is 2.04. The van der Waals surface area contributed by atoms with Gasteiger partial charge in [-0.15, -0.1) is 6.58 Å². The van der Waals surface area contributed by atoms with E-state index in [-0.39, 0.29) is 36.1 Å². The molecule has 0 saturated carbocycles. The first-order chi connectivity index (χ1) is 17.8. The Labute approximate surface area is 228 Å². The Morgan fingerprint density at radius 2 is 1.51 bits per heavy atom. The van der Waals surface area contributed by atoms with Crippen LogP contribution in [-0.4, -0.2) is 46.8 Å². The number of ketones is 1. The lowest BCUT2D eigenvalue weighted by atomic mass is 10.1. The molecule has 2 rings (SSSR count). The van der Waals surface area contributed by atoms with Gasteiger partial charge in [0.05, 0.1) is 5.33 Å². The van der Waals surface area contributed by atoms with E-state index in [1.54, 1.807) is 6.08 Å². The third-order valence-electron chi connectivity index (χ3n) is 4.11. The smallest absolute Gasteiger partial charge is 0.407 e. The van der Waals surface area contributed by atoms with Crippen LogP contribution >= 0.6 is 15.9 Å². The molecule has 0 heterocycles. The zero-order valence-electron chi connectivity index (χ0n) is 22.0. The lowest BCUT2D eigenvalue weighted by Crippen LogP contribution is -2.37. The summed E-state index contributed by atoms with van der Waals surface area (Å²) in [7, 11) is 0. The molecule has 0 aliphatic carbocycles. The molecule has 37 heavy (non-hydrogen) atoms. The van der Waals surface area contributed by atoms with Crippen molar-refractivity contribution in [3.8, 4) is 0 Å². The minimum Gasteiger partial charge on any atom is -0.480 e. The monoisotopic (exact) mass is 578 g/mol. The number of Topliss-reactive ketones (excluding diaryl/α,β-unsaturated/α-hetero) is 1. The highest BCUT2D eigenvalue weighted by Gasteiger charge is 2.19. The standard InChI is InChI=1S/C17H19NO2.C6H8BrNO4.C3H6.C2H6/c1-14(12-15-8-4-2-5-9-15)18-17(19)20-13-16-10-6-3-7-11-16;7-2-4(10)1-5(6(11)12)8-3-9;1-3-2;1-2/h2-11,14H,12-13H2,1H3,(H,18,19);3,5H,1-2H2,(H,8,9)(H,11,12);3H,1H2,2H3;1-2H3. The molecule has 0 bridgehead atoms. The second-order valence-corrected chi connectivity index (χ2v) is 7.82. The van der Waals surface area contributed by atoms with Gasteiger partial charge in [0.25, 0.3) is 0 Å². The van der Waals surface area contributed by atoms with Crippen LogP contribution in [0, 0.1) is 0 Å². The Morgan fingerprint density at radius 1 is 1.03 bits per heavy atom. The van der Waals surface area contributed by atoms with Gasteiger partial charge in [-0.2, -0.15) is 0 Å². The van der Waals surface area contributed by atoms with Crippen LogP contribution in [-0.2, 0) is 32.1 Å². The van der Waals surface area contributed by atoms with Crippen LogP contribution in [0.3, 0.4) is 0 Å². The lowest BCUT2D eigenvalue weighted by molar-refractivity contribution is -0.142. The predicted octanol–water partition coefficient (Wildman–Crippen LogP) is 5.30. The van der Waals surface area contributed by atoms with Crippen LogP contribution in [0.4, 0.5) is 4.79 Å². The first-order valence-electron chi connectivity index (χ1n) is 11.9. The van der Waals surface area contributed by atoms with Gasteiger partial charge in [-0.1, -0.05) is 96.5 Å². The molecule has 2 aromatic rings. The number of carbonyl (C=O) groups is 4. The summed E-state index contributed by atoms with van der Waals surface area (Å²) in [6.45, 7) is 11.5. The maximum Gasteiger partial charge on any atom is 0.407 e. The number of aliphatic carboxylic acids is 1. The van der Waals surface area contributed by atoms with Gasteiger partial charge in [-0.25, -0.2) is 9.59 Å². The molecule has 2 amide bonds. The fraction of sp³-hybridized carbons (Fsp3) is 0.357. The molecule has 0 saturated heterocycles. The van der Waals surface area contributed by atoms with Gasteiger partial charge in [0.1, 0.15) is 18.4 Å². The number of allylic oxidation sites excluding steroid dienone is 1. The number of alkyl carbamates (subject to hydrolysis) is 1. The van der Waals surface area contributed by atoms with Gasteiger partial charge in [0.15, 0.2) is 0 Å². The van der Waals surface area contributed by atoms with Crippen LogP contribution < -0.4 is 10.6 Å². The molecule has 0 radical (unpaired) electrons. The second kappa shape index (κ2) is 24.2. The number of ether oxygens (including phenoxy) is 1. The number of rotatable bonds is 11. The molecule has 0 aromatic heterocycles. The van der Waals surface area contributed by atoms with E-state index in [9.17, 15) is 19.2 Å². The Morgan fingerprint density at radius 3 is 1.95 bits per heavy atom. The Bertz CT molecular complexity index is 894. The van der Waals surface area contributed by atoms with Crippen molar-refractivity contribution in [3.05, 3.63) is 84.4 Å². The molecule has 9 heteroatoms. The fourth-order valence-corrected chi connectivity index (χ4v) is 2.80. The number of benzene rings is 2. The lowest BCUT2D eigenvalue weighted by Gasteiger charge is -2.14. The Kier molecular flexibility index (Phi) is 23.4. The SMILES string of the molecule is C=CC.CC.CC(Cc1ccccc1)NC(=O)OCc1ccccc1.O=CNC(CC(=O)CBr)C(=O)O. The van der Waals surface area contributed by atoms with Crippen LogP contribution in [0.15, 0.2) is 73.3 Å². The zero-order valence-corrected chi connectivity index (χ0v) is 23.6. The summed E-state index contributed by atoms with van der Waals surface area (Å²) < 4.78 is 5.19. The summed E-state index contributed by atoms with van der Waals surface area (Å²) in [5, 5.41) is 13.4. The molecule has 8 nitrogen and oxygen atoms in total. The summed E-state index contributed by atoms with van der Waals surface area (Å²) in [6, 6.07) is 18.6. The first kappa shape index (κ1) is 35.7. The second-order valence-electron chi connectivity index (χ2n) is 7.26. The number of hydrogen-bond acceptors (Lipinski definition) is 5. The van der Waals surface area contributed by atoms with E-state index in [1.807, 2.05) is 93.7 Å². The third kappa shape index (κ3) is 20.4. The largest absolute Gasteiger partial charge is 0.480 e. The fourth-order valence-electron chi connectivity index (χ4n) is 2.57. The van der Waals surface area contributed by atoms with Gasteiger partial charge in [0, 0.05) is 12.5 Å². The van der Waals surface area contributed by atoms with Crippen molar-refractivity contribution in [2.45, 2.75) is 59.2 Å². The Balaban J connectivity index is 0. The number of alkyl halides is 1.